The topological polar surface area (TPSA) is 0 Å². The van der Waals surface area contributed by atoms with Crippen LogP contribution in [0.1, 0.15) is 12.5 Å². The van der Waals surface area contributed by atoms with Crippen molar-refractivity contribution in [3.05, 3.63) is 121 Å². The number of hydrogen-bond donors (Lipinski definition) is 0. The monoisotopic (exact) mass is 584 g/mol. The smallest absolute Gasteiger partial charge is 0.0809 e. The van der Waals surface area contributed by atoms with Crippen molar-refractivity contribution in [1.29, 1.82) is 0 Å². The number of fused-ring (bicyclic) bond motifs is 2. The summed E-state index contributed by atoms with van der Waals surface area (Å²) in [6.07, 6.45) is 0. The van der Waals surface area contributed by atoms with Crippen molar-refractivity contribution < 1.29 is 48.7 Å². The van der Waals surface area contributed by atoms with E-state index in [9.17, 15) is 0 Å². The fourth-order valence-corrected chi connectivity index (χ4v) is 3.43. The minimum absolute atomic E-state index is 0. The Hall–Kier alpha value is -1.80. The van der Waals surface area contributed by atoms with Gasteiger partial charge in [0.05, 0.1) is 0 Å². The van der Waals surface area contributed by atoms with Crippen LogP contribution in [-0.4, -0.2) is 3.26 Å². The summed E-state index contributed by atoms with van der Waals surface area (Å²) < 4.78 is 1.51. The van der Waals surface area contributed by atoms with Gasteiger partial charge in [-0.3, -0.25) is 0 Å². The Morgan fingerprint density at radius 1 is 0.586 bits per heavy atom. The van der Waals surface area contributed by atoms with E-state index in [4.69, 9.17) is 0 Å². The molecular weight excluding hydrogens is 562 g/mol. The Bertz CT molecular complexity index is 981. The van der Waals surface area contributed by atoms with E-state index >= 15 is 0 Å². The second-order valence-electron chi connectivity index (χ2n) is 6.30. The summed E-state index contributed by atoms with van der Waals surface area (Å²) in [5, 5.41) is 5.32. The fraction of sp³-hybridized carbons (Fsp3) is 0.0385. The molecule has 0 unspecified atom stereocenters. The molecule has 0 saturated heterocycles. The summed E-state index contributed by atoms with van der Waals surface area (Å²) in [5.74, 6) is 0. The zero-order chi connectivity index (χ0) is 18.9. The van der Waals surface area contributed by atoms with Crippen LogP contribution in [0.25, 0.3) is 21.5 Å². The summed E-state index contributed by atoms with van der Waals surface area (Å²) in [7, 11) is 0. The van der Waals surface area contributed by atoms with Crippen molar-refractivity contribution in [2.45, 2.75) is 6.92 Å². The molecule has 146 valence electrons. The number of hydrogen-bond acceptors (Lipinski definition) is 0. The summed E-state index contributed by atoms with van der Waals surface area (Å²) in [6, 6.07) is 39.9. The zero-order valence-corrected chi connectivity index (χ0v) is 21.3. The van der Waals surface area contributed by atoms with Crippen LogP contribution >= 0.6 is 0 Å². The minimum Gasteiger partial charge on any atom is -1.00 e. The number of rotatable bonds is 1. The van der Waals surface area contributed by atoms with E-state index in [1.54, 1.807) is 0 Å². The molecule has 0 saturated carbocycles. The van der Waals surface area contributed by atoms with E-state index in [1.807, 2.05) is 6.07 Å². The molecule has 0 aliphatic carbocycles. The molecule has 0 spiro atoms. The third kappa shape index (κ3) is 7.85. The molecule has 0 N–H and O–H groups in total. The minimum atomic E-state index is 0. The predicted molar refractivity (Wildman–Crippen MR) is 115 cm³/mol. The van der Waals surface area contributed by atoms with E-state index in [-0.39, 0.29) is 24.8 Å². The first-order chi connectivity index (χ1) is 13.2. The summed E-state index contributed by atoms with van der Waals surface area (Å²) in [6.45, 7) is 2.18. The van der Waals surface area contributed by atoms with Crippen molar-refractivity contribution in [2.75, 3.05) is 0 Å². The Labute approximate surface area is 200 Å². The normalized spacial score (nSPS) is 9.21. The average molecular weight is 584 g/mol. The zero-order valence-electron chi connectivity index (χ0n) is 16.2. The van der Waals surface area contributed by atoms with Crippen LogP contribution in [0, 0.1) is 0 Å². The van der Waals surface area contributed by atoms with Gasteiger partial charge in [0, 0.05) is 0 Å². The Balaban J connectivity index is 0.000000210. The van der Waals surface area contributed by atoms with Crippen LogP contribution in [0.5, 0.6) is 0 Å². The van der Waals surface area contributed by atoms with Gasteiger partial charge in [-0.05, 0) is 0 Å². The number of halogens is 2. The molecule has 0 radical (unpaired) electrons. The van der Waals surface area contributed by atoms with Gasteiger partial charge in [-0.2, -0.15) is 35.0 Å². The molecular formula is C26H22Cl2Hf-2. The van der Waals surface area contributed by atoms with E-state index < -0.39 is 0 Å². The Kier molecular flexibility index (Phi) is 11.7. The maximum absolute atomic E-state index is 2.18. The largest absolute Gasteiger partial charge is 1.00 e. The molecule has 3 heteroatoms. The Morgan fingerprint density at radius 2 is 1.00 bits per heavy atom. The van der Waals surface area contributed by atoms with Crippen molar-refractivity contribution in [1.82, 2.24) is 0 Å². The van der Waals surface area contributed by atoms with Gasteiger partial charge in [0.25, 0.3) is 0 Å². The van der Waals surface area contributed by atoms with Crippen LogP contribution in [0.4, 0.5) is 0 Å². The van der Waals surface area contributed by atoms with E-state index in [1.165, 1.54) is 54.3 Å². The molecule has 5 aromatic rings. The van der Waals surface area contributed by atoms with Crippen molar-refractivity contribution >= 4 is 24.8 Å². The van der Waals surface area contributed by atoms with Crippen LogP contribution in [0.2, 0.25) is 0 Å². The molecule has 29 heavy (non-hydrogen) atoms. The van der Waals surface area contributed by atoms with Crippen LogP contribution in [0.15, 0.2) is 115 Å². The van der Waals surface area contributed by atoms with Crippen molar-refractivity contribution in [2.24, 2.45) is 0 Å². The number of benzene rings is 3. The third-order valence-electron chi connectivity index (χ3n) is 4.30. The first kappa shape index (κ1) is 25.2. The van der Waals surface area contributed by atoms with Gasteiger partial charge in [0.2, 0.25) is 0 Å². The van der Waals surface area contributed by atoms with Crippen molar-refractivity contribution in [3.8, 4) is 0 Å². The van der Waals surface area contributed by atoms with E-state index in [0.717, 1.165) is 0 Å². The van der Waals surface area contributed by atoms with Gasteiger partial charge >= 0.3 is 70.0 Å². The molecule has 0 aromatic heterocycles. The van der Waals surface area contributed by atoms with E-state index in [2.05, 4.69) is 116 Å². The molecule has 5 aromatic carbocycles. The van der Waals surface area contributed by atoms with Gasteiger partial charge in [-0.15, -0.1) is 59.3 Å². The molecule has 0 atom stereocenters. The van der Waals surface area contributed by atoms with Crippen LogP contribution in [0.3, 0.4) is 0 Å². The molecule has 0 heterocycles. The predicted octanol–water partition coefficient (Wildman–Crippen LogP) is 0.899. The summed E-state index contributed by atoms with van der Waals surface area (Å²) in [4.78, 5) is 0. The Morgan fingerprint density at radius 3 is 1.38 bits per heavy atom. The van der Waals surface area contributed by atoms with Gasteiger partial charge < -0.3 is 24.8 Å². The maximum Gasteiger partial charge on any atom is -0.0809 e. The quantitative estimate of drug-likeness (QED) is 0.203. The van der Waals surface area contributed by atoms with Crippen LogP contribution in [-0.2, 0) is 23.9 Å². The van der Waals surface area contributed by atoms with Gasteiger partial charge in [-0.1, -0.05) is 12.1 Å². The SMILES string of the molecule is C[C](=[Hf+2])c1ccccc1.[Cl-].[Cl-].c1ccc2[cH-]ccc2c1.c1ccc2[cH-]ccc2c1. The summed E-state index contributed by atoms with van der Waals surface area (Å²) in [5.41, 5.74) is 1.39. The molecule has 0 amide bonds. The molecule has 0 bridgehead atoms. The molecule has 0 fully saturated rings. The second-order valence-corrected chi connectivity index (χ2v) is 8.99. The first-order valence-corrected chi connectivity index (χ1v) is 10.8. The fourth-order valence-electron chi connectivity index (χ4n) is 2.83. The van der Waals surface area contributed by atoms with Crippen molar-refractivity contribution in [3.63, 3.8) is 0 Å². The van der Waals surface area contributed by atoms with Gasteiger partial charge in [-0.25, -0.2) is 0 Å². The molecule has 0 nitrogen and oxygen atoms in total. The standard InChI is InChI=1S/2C9H7.C8H8.2ClH.Hf/c2*1-2-5-9-7-3-6-8(9)4-1;1-2-8-6-4-3-5-7-8;;;/h2*1-7H;3-7H,1H3;2*1H;/q2*-1;;;;+2/p-2. The first-order valence-electron chi connectivity index (χ1n) is 9.05. The summed E-state index contributed by atoms with van der Waals surface area (Å²) >= 11 is 1.17. The average Bonchev–Trinajstić information content (AvgIpc) is 3.39. The second kappa shape index (κ2) is 13.4. The molecule has 0 aliphatic rings. The maximum atomic E-state index is 2.18. The van der Waals surface area contributed by atoms with E-state index in [0.29, 0.717) is 0 Å². The van der Waals surface area contributed by atoms with Gasteiger partial charge in [0.1, 0.15) is 0 Å². The van der Waals surface area contributed by atoms with Crippen LogP contribution < -0.4 is 24.8 Å². The third-order valence-corrected chi connectivity index (χ3v) is 5.34. The molecule has 0 aliphatic heterocycles. The van der Waals surface area contributed by atoms with Gasteiger partial charge in [0.15, 0.2) is 0 Å². The molecule has 5 rings (SSSR count).